The van der Waals surface area contributed by atoms with E-state index in [4.69, 9.17) is 4.74 Å². The summed E-state index contributed by atoms with van der Waals surface area (Å²) in [6.07, 6.45) is 4.01. The summed E-state index contributed by atoms with van der Waals surface area (Å²) in [5.74, 6) is -0.533. The fourth-order valence-corrected chi connectivity index (χ4v) is 3.68. The Labute approximate surface area is 158 Å². The van der Waals surface area contributed by atoms with Crippen LogP contribution in [0, 0.1) is 11.8 Å². The van der Waals surface area contributed by atoms with Crippen LogP contribution in [-0.4, -0.2) is 38.2 Å². The standard InChI is InChI=1S/C19H16F2N6O/c1-28-15-4-5-16(24-19(15)21)26-8-6-12-17(23-10-22-12)18(26)13-9-14-11(20)3-2-7-27(14)25-13/h2-5,7,9-10,18H,6,8H2,1H3,(H,22,23)/t18-/m1/s1. The SMILES string of the molecule is COc1ccc(N2CCc3[nH]cnc3[C@H]2c2cc3c(F)cccn3n2)nc1F. The molecule has 0 saturated heterocycles. The minimum atomic E-state index is -0.687. The molecule has 9 heteroatoms. The fourth-order valence-electron chi connectivity index (χ4n) is 3.68. The number of hydrogen-bond acceptors (Lipinski definition) is 5. The van der Waals surface area contributed by atoms with E-state index in [1.165, 1.54) is 23.8 Å². The van der Waals surface area contributed by atoms with Crippen molar-refractivity contribution in [2.45, 2.75) is 12.5 Å². The molecule has 0 unspecified atom stereocenters. The highest BCUT2D eigenvalue weighted by atomic mass is 19.1. The summed E-state index contributed by atoms with van der Waals surface area (Å²) in [6.45, 7) is 0.578. The lowest BCUT2D eigenvalue weighted by molar-refractivity contribution is 0.377. The Balaban J connectivity index is 1.66. The molecule has 0 radical (unpaired) electrons. The van der Waals surface area contributed by atoms with E-state index < -0.39 is 12.0 Å². The van der Waals surface area contributed by atoms with Crippen LogP contribution in [0.4, 0.5) is 14.6 Å². The van der Waals surface area contributed by atoms with Gasteiger partial charge in [-0.15, -0.1) is 0 Å². The number of fused-ring (bicyclic) bond motifs is 2. The van der Waals surface area contributed by atoms with Gasteiger partial charge in [-0.2, -0.15) is 14.5 Å². The molecule has 0 aliphatic carbocycles. The fraction of sp³-hybridized carbons (Fsp3) is 0.211. The van der Waals surface area contributed by atoms with Gasteiger partial charge >= 0.3 is 0 Å². The van der Waals surface area contributed by atoms with E-state index in [0.29, 0.717) is 30.0 Å². The number of aromatic amines is 1. The van der Waals surface area contributed by atoms with Gasteiger partial charge in [-0.1, -0.05) is 0 Å². The second kappa shape index (κ2) is 6.29. The first kappa shape index (κ1) is 16.7. The topological polar surface area (TPSA) is 71.3 Å². The van der Waals surface area contributed by atoms with Crippen LogP contribution in [-0.2, 0) is 6.42 Å². The number of nitrogens with zero attached hydrogens (tertiary/aromatic N) is 5. The van der Waals surface area contributed by atoms with E-state index in [1.807, 2.05) is 4.90 Å². The van der Waals surface area contributed by atoms with E-state index in [2.05, 4.69) is 20.1 Å². The number of nitrogens with one attached hydrogen (secondary N) is 1. The quantitative estimate of drug-likeness (QED) is 0.552. The maximum Gasteiger partial charge on any atom is 0.257 e. The van der Waals surface area contributed by atoms with Crippen molar-refractivity contribution in [2.75, 3.05) is 18.6 Å². The van der Waals surface area contributed by atoms with Gasteiger partial charge in [-0.05, 0) is 30.3 Å². The number of anilines is 1. The second-order valence-electron chi connectivity index (χ2n) is 6.53. The van der Waals surface area contributed by atoms with Gasteiger partial charge in [0.2, 0.25) is 0 Å². The van der Waals surface area contributed by atoms with Crippen LogP contribution in [0.3, 0.4) is 0 Å². The number of H-pyrrole nitrogens is 1. The second-order valence-corrected chi connectivity index (χ2v) is 6.53. The van der Waals surface area contributed by atoms with Crippen LogP contribution in [0.2, 0.25) is 0 Å². The molecule has 1 atom stereocenters. The Hall–Kier alpha value is -3.49. The Morgan fingerprint density at radius 3 is 2.93 bits per heavy atom. The maximum absolute atomic E-state index is 14.2. The van der Waals surface area contributed by atoms with Crippen molar-refractivity contribution in [3.63, 3.8) is 0 Å². The molecule has 1 aliphatic rings. The van der Waals surface area contributed by atoms with Crippen molar-refractivity contribution < 1.29 is 13.5 Å². The van der Waals surface area contributed by atoms with Gasteiger partial charge in [-0.3, -0.25) is 0 Å². The average molecular weight is 382 g/mol. The highest BCUT2D eigenvalue weighted by Gasteiger charge is 2.34. The minimum absolute atomic E-state index is 0.0765. The number of pyridine rings is 2. The number of halogens is 2. The van der Waals surface area contributed by atoms with Gasteiger partial charge in [0.25, 0.3) is 5.95 Å². The van der Waals surface area contributed by atoms with Crippen LogP contribution >= 0.6 is 0 Å². The van der Waals surface area contributed by atoms with Crippen molar-refractivity contribution in [2.24, 2.45) is 0 Å². The molecule has 1 N–H and O–H groups in total. The molecule has 4 aromatic heterocycles. The lowest BCUT2D eigenvalue weighted by atomic mass is 9.99. The number of imidazole rings is 1. The molecule has 0 bridgehead atoms. The summed E-state index contributed by atoms with van der Waals surface area (Å²) in [5.41, 5.74) is 2.73. The van der Waals surface area contributed by atoms with E-state index in [-0.39, 0.29) is 11.6 Å². The van der Waals surface area contributed by atoms with Crippen molar-refractivity contribution in [3.8, 4) is 5.75 Å². The third kappa shape index (κ3) is 2.50. The first-order valence-corrected chi connectivity index (χ1v) is 8.79. The largest absolute Gasteiger partial charge is 0.492 e. The predicted molar refractivity (Wildman–Crippen MR) is 97.4 cm³/mol. The lowest BCUT2D eigenvalue weighted by Gasteiger charge is -2.34. The molecule has 1 aliphatic heterocycles. The predicted octanol–water partition coefficient (Wildman–Crippen LogP) is 2.89. The van der Waals surface area contributed by atoms with Gasteiger partial charge in [-0.25, -0.2) is 13.9 Å². The van der Waals surface area contributed by atoms with Crippen molar-refractivity contribution in [1.82, 2.24) is 24.6 Å². The van der Waals surface area contributed by atoms with E-state index >= 15 is 0 Å². The molecule has 4 aromatic rings. The number of ether oxygens (including phenoxy) is 1. The zero-order chi connectivity index (χ0) is 19.3. The average Bonchev–Trinajstić information content (AvgIpc) is 3.34. The van der Waals surface area contributed by atoms with Crippen LogP contribution in [0.25, 0.3) is 5.52 Å². The third-order valence-corrected chi connectivity index (χ3v) is 4.99. The van der Waals surface area contributed by atoms with Gasteiger partial charge < -0.3 is 14.6 Å². The summed E-state index contributed by atoms with van der Waals surface area (Å²) < 4.78 is 34.9. The van der Waals surface area contributed by atoms with Crippen LogP contribution in [0.15, 0.2) is 42.9 Å². The molecule has 28 heavy (non-hydrogen) atoms. The summed E-state index contributed by atoms with van der Waals surface area (Å²) in [6, 6.07) is 7.49. The van der Waals surface area contributed by atoms with Crippen LogP contribution < -0.4 is 9.64 Å². The van der Waals surface area contributed by atoms with Crippen molar-refractivity contribution >= 4 is 11.3 Å². The first-order chi connectivity index (χ1) is 13.7. The molecule has 0 aromatic carbocycles. The number of aromatic nitrogens is 5. The lowest BCUT2D eigenvalue weighted by Crippen LogP contribution is -2.37. The molecule has 5 heterocycles. The molecule has 0 saturated carbocycles. The normalized spacial score (nSPS) is 16.4. The molecule has 7 nitrogen and oxygen atoms in total. The Kier molecular flexibility index (Phi) is 3.75. The van der Waals surface area contributed by atoms with Crippen LogP contribution in [0.5, 0.6) is 5.75 Å². The summed E-state index contributed by atoms with van der Waals surface area (Å²) in [5, 5.41) is 4.54. The summed E-state index contributed by atoms with van der Waals surface area (Å²) in [7, 11) is 1.39. The molecule has 5 rings (SSSR count). The summed E-state index contributed by atoms with van der Waals surface area (Å²) in [4.78, 5) is 13.6. The molecule has 142 valence electrons. The molecule has 0 fully saturated rings. The van der Waals surface area contributed by atoms with Gasteiger partial charge in [0.1, 0.15) is 23.2 Å². The van der Waals surface area contributed by atoms with E-state index in [0.717, 1.165) is 11.4 Å². The Bertz CT molecular complexity index is 1170. The highest BCUT2D eigenvalue weighted by molar-refractivity contribution is 5.54. The molecule has 0 spiro atoms. The number of hydrogen-bond donors (Lipinski definition) is 1. The maximum atomic E-state index is 14.2. The monoisotopic (exact) mass is 382 g/mol. The first-order valence-electron chi connectivity index (χ1n) is 8.79. The van der Waals surface area contributed by atoms with Crippen molar-refractivity contribution in [3.05, 3.63) is 71.7 Å². The summed E-state index contributed by atoms with van der Waals surface area (Å²) >= 11 is 0. The number of rotatable bonds is 3. The zero-order valence-electron chi connectivity index (χ0n) is 14.9. The van der Waals surface area contributed by atoms with Crippen LogP contribution in [0.1, 0.15) is 23.1 Å². The van der Waals surface area contributed by atoms with Gasteiger partial charge in [0.05, 0.1) is 24.8 Å². The Morgan fingerprint density at radius 2 is 2.14 bits per heavy atom. The van der Waals surface area contributed by atoms with Gasteiger partial charge in [0.15, 0.2) is 5.75 Å². The smallest absolute Gasteiger partial charge is 0.257 e. The van der Waals surface area contributed by atoms with E-state index in [9.17, 15) is 8.78 Å². The van der Waals surface area contributed by atoms with Gasteiger partial charge in [0, 0.05) is 24.9 Å². The van der Waals surface area contributed by atoms with E-state index in [1.54, 1.807) is 30.7 Å². The third-order valence-electron chi connectivity index (χ3n) is 4.99. The highest BCUT2D eigenvalue weighted by Crippen LogP contribution is 2.36. The molecular weight excluding hydrogens is 366 g/mol. The zero-order valence-corrected chi connectivity index (χ0v) is 14.9. The Morgan fingerprint density at radius 1 is 1.25 bits per heavy atom. The minimum Gasteiger partial charge on any atom is -0.492 e. The number of methoxy groups -OCH3 is 1. The van der Waals surface area contributed by atoms with Crippen molar-refractivity contribution in [1.29, 1.82) is 0 Å². The molecule has 0 amide bonds. The molecular formula is C19H16F2N6O.